The van der Waals surface area contributed by atoms with Crippen molar-refractivity contribution in [2.45, 2.75) is 13.8 Å². The number of benzene rings is 2. The van der Waals surface area contributed by atoms with Gasteiger partial charge in [-0.15, -0.1) is 0 Å². The van der Waals surface area contributed by atoms with Gasteiger partial charge in [-0.3, -0.25) is 9.59 Å². The van der Waals surface area contributed by atoms with E-state index in [0.29, 0.717) is 11.1 Å². The van der Waals surface area contributed by atoms with Crippen molar-refractivity contribution in [1.29, 1.82) is 0 Å². The Balaban J connectivity index is 1.86. The van der Waals surface area contributed by atoms with Gasteiger partial charge < -0.3 is 4.90 Å². The maximum Gasteiger partial charge on any atom is 0.172 e. The van der Waals surface area contributed by atoms with Crippen molar-refractivity contribution in [3.63, 3.8) is 0 Å². The van der Waals surface area contributed by atoms with Gasteiger partial charge in [0.15, 0.2) is 11.6 Å². The van der Waals surface area contributed by atoms with Crippen LogP contribution in [0.4, 0.5) is 0 Å². The summed E-state index contributed by atoms with van der Waals surface area (Å²) in [6.07, 6.45) is 0. The number of likely N-dealkylation sites (tertiary alicyclic amines) is 1. The minimum Gasteiger partial charge on any atom is -0.336 e. The lowest BCUT2D eigenvalue weighted by Crippen LogP contribution is -3.07. The first-order valence-corrected chi connectivity index (χ1v) is 8.49. The molecule has 2 aromatic rings. The van der Waals surface area contributed by atoms with Crippen LogP contribution in [-0.2, 0) is 0 Å². The standard InChI is InChI=1S/C21H23NO2/c1-14-4-8-16(9-5-14)20(23)18-12-22(3)13-19(18)21(24)17-10-6-15(2)7-11-17/h4-11,18-19H,12-13H2,1-3H3/p+1/t18-,19-/m0/s1. The number of hydrogen-bond donors (Lipinski definition) is 1. The third-order valence-corrected chi connectivity index (χ3v) is 4.97. The van der Waals surface area contributed by atoms with E-state index in [1.807, 2.05) is 62.4 Å². The average molecular weight is 322 g/mol. The highest BCUT2D eigenvalue weighted by atomic mass is 16.1. The molecular weight excluding hydrogens is 298 g/mol. The van der Waals surface area contributed by atoms with E-state index < -0.39 is 0 Å². The number of Topliss-reactive ketones (excluding diaryl/α,β-unsaturated/α-hetero) is 2. The molecule has 1 aliphatic heterocycles. The summed E-state index contributed by atoms with van der Waals surface area (Å²) in [5, 5.41) is 0. The van der Waals surface area contributed by atoms with Crippen LogP contribution in [0.5, 0.6) is 0 Å². The third kappa shape index (κ3) is 3.31. The van der Waals surface area contributed by atoms with E-state index in [9.17, 15) is 9.59 Å². The topological polar surface area (TPSA) is 38.6 Å². The Bertz CT molecular complexity index is 681. The molecule has 3 heteroatoms. The van der Waals surface area contributed by atoms with Crippen molar-refractivity contribution in [1.82, 2.24) is 0 Å². The Labute approximate surface area is 143 Å². The van der Waals surface area contributed by atoms with Gasteiger partial charge in [0.1, 0.15) is 0 Å². The van der Waals surface area contributed by atoms with E-state index in [0.717, 1.165) is 24.2 Å². The largest absolute Gasteiger partial charge is 0.336 e. The molecule has 2 aromatic carbocycles. The monoisotopic (exact) mass is 322 g/mol. The molecule has 0 bridgehead atoms. The highest BCUT2D eigenvalue weighted by molar-refractivity contribution is 6.05. The number of quaternary nitrogens is 1. The van der Waals surface area contributed by atoms with Crippen LogP contribution < -0.4 is 4.90 Å². The SMILES string of the molecule is Cc1ccc(C(=O)[C@H]2C[NH+](C)C[C@@H]2C(=O)c2ccc(C)cc2)cc1. The highest BCUT2D eigenvalue weighted by Crippen LogP contribution is 2.24. The Morgan fingerprint density at radius 2 is 1.08 bits per heavy atom. The molecule has 1 saturated heterocycles. The van der Waals surface area contributed by atoms with Crippen LogP contribution in [0.1, 0.15) is 31.8 Å². The Morgan fingerprint density at radius 1 is 0.750 bits per heavy atom. The molecule has 0 radical (unpaired) electrons. The van der Waals surface area contributed by atoms with E-state index in [-0.39, 0.29) is 23.4 Å². The van der Waals surface area contributed by atoms with Crippen LogP contribution >= 0.6 is 0 Å². The van der Waals surface area contributed by atoms with Gasteiger partial charge in [-0.05, 0) is 13.8 Å². The van der Waals surface area contributed by atoms with Crippen LogP contribution in [-0.4, -0.2) is 31.7 Å². The number of hydrogen-bond acceptors (Lipinski definition) is 2. The summed E-state index contributed by atoms with van der Waals surface area (Å²) in [4.78, 5) is 27.1. The zero-order valence-electron chi connectivity index (χ0n) is 14.5. The molecule has 1 heterocycles. The van der Waals surface area contributed by atoms with Crippen molar-refractivity contribution in [3.05, 3.63) is 70.8 Å². The van der Waals surface area contributed by atoms with Crippen molar-refractivity contribution in [3.8, 4) is 0 Å². The first-order chi connectivity index (χ1) is 11.5. The highest BCUT2D eigenvalue weighted by Gasteiger charge is 2.43. The fourth-order valence-corrected chi connectivity index (χ4v) is 3.53. The second-order valence-electron chi connectivity index (χ2n) is 7.04. The lowest BCUT2D eigenvalue weighted by Gasteiger charge is -2.14. The summed E-state index contributed by atoms with van der Waals surface area (Å²) in [6, 6.07) is 15.3. The van der Waals surface area contributed by atoms with Crippen LogP contribution in [0.25, 0.3) is 0 Å². The summed E-state index contributed by atoms with van der Waals surface area (Å²) in [6.45, 7) is 5.45. The Hall–Kier alpha value is -2.26. The second kappa shape index (κ2) is 6.70. The van der Waals surface area contributed by atoms with Crippen LogP contribution in [0.2, 0.25) is 0 Å². The fraction of sp³-hybridized carbons (Fsp3) is 0.333. The number of carbonyl (C=O) groups is 2. The predicted molar refractivity (Wildman–Crippen MR) is 94.6 cm³/mol. The molecule has 3 rings (SSSR count). The summed E-state index contributed by atoms with van der Waals surface area (Å²) in [7, 11) is 2.05. The van der Waals surface area contributed by atoms with Crippen molar-refractivity contribution in [2.24, 2.45) is 11.8 Å². The molecule has 1 fully saturated rings. The summed E-state index contributed by atoms with van der Waals surface area (Å²) in [5.74, 6) is -0.280. The van der Waals surface area contributed by atoms with Gasteiger partial charge in [0.05, 0.1) is 32.0 Å². The molecule has 2 atom stereocenters. The second-order valence-corrected chi connectivity index (χ2v) is 7.04. The minimum absolute atomic E-state index is 0.0947. The Kier molecular flexibility index (Phi) is 4.63. The average Bonchev–Trinajstić information content (AvgIpc) is 2.97. The molecule has 3 nitrogen and oxygen atoms in total. The zero-order chi connectivity index (χ0) is 17.3. The van der Waals surface area contributed by atoms with Gasteiger partial charge in [0.2, 0.25) is 0 Å². The number of carbonyl (C=O) groups excluding carboxylic acids is 2. The quantitative estimate of drug-likeness (QED) is 0.876. The molecule has 0 saturated carbocycles. The lowest BCUT2D eigenvalue weighted by atomic mass is 9.83. The number of aryl methyl sites for hydroxylation is 2. The van der Waals surface area contributed by atoms with E-state index in [2.05, 4.69) is 7.05 Å². The number of nitrogens with one attached hydrogen (secondary N) is 1. The molecule has 1 N–H and O–H groups in total. The van der Waals surface area contributed by atoms with Gasteiger partial charge >= 0.3 is 0 Å². The van der Waals surface area contributed by atoms with Gasteiger partial charge in [-0.25, -0.2) is 0 Å². The molecule has 0 aliphatic carbocycles. The molecule has 0 amide bonds. The fourth-order valence-electron chi connectivity index (χ4n) is 3.53. The lowest BCUT2D eigenvalue weighted by molar-refractivity contribution is -0.868. The predicted octanol–water partition coefficient (Wildman–Crippen LogP) is 2.13. The van der Waals surface area contributed by atoms with Crippen LogP contribution in [0, 0.1) is 25.7 Å². The summed E-state index contributed by atoms with van der Waals surface area (Å²) >= 11 is 0. The third-order valence-electron chi connectivity index (χ3n) is 4.97. The van der Waals surface area contributed by atoms with Gasteiger partial charge in [0, 0.05) is 11.1 Å². The molecule has 0 aromatic heterocycles. The molecule has 124 valence electrons. The molecule has 24 heavy (non-hydrogen) atoms. The molecule has 0 spiro atoms. The smallest absolute Gasteiger partial charge is 0.172 e. The van der Waals surface area contributed by atoms with E-state index in [4.69, 9.17) is 0 Å². The Morgan fingerprint density at radius 3 is 1.42 bits per heavy atom. The summed E-state index contributed by atoms with van der Waals surface area (Å²) in [5.41, 5.74) is 3.69. The first kappa shape index (κ1) is 16.6. The van der Waals surface area contributed by atoms with Crippen LogP contribution in [0.15, 0.2) is 48.5 Å². The molecule has 1 aliphatic rings. The normalized spacial score (nSPS) is 21.0. The zero-order valence-corrected chi connectivity index (χ0v) is 14.5. The van der Waals surface area contributed by atoms with E-state index >= 15 is 0 Å². The maximum absolute atomic E-state index is 12.9. The van der Waals surface area contributed by atoms with Gasteiger partial charge in [-0.2, -0.15) is 0 Å². The number of ketones is 2. The van der Waals surface area contributed by atoms with Crippen molar-refractivity contribution < 1.29 is 14.5 Å². The molecular formula is C21H24NO2+. The van der Waals surface area contributed by atoms with E-state index in [1.165, 1.54) is 4.90 Å². The number of rotatable bonds is 4. The summed E-state index contributed by atoms with van der Waals surface area (Å²) < 4.78 is 0. The maximum atomic E-state index is 12.9. The van der Waals surface area contributed by atoms with E-state index in [1.54, 1.807) is 0 Å². The van der Waals surface area contributed by atoms with Crippen molar-refractivity contribution >= 4 is 11.6 Å². The molecule has 0 unspecified atom stereocenters. The minimum atomic E-state index is -0.235. The van der Waals surface area contributed by atoms with Gasteiger partial charge in [0.25, 0.3) is 0 Å². The van der Waals surface area contributed by atoms with Crippen LogP contribution in [0.3, 0.4) is 0 Å². The van der Waals surface area contributed by atoms with Gasteiger partial charge in [-0.1, -0.05) is 59.7 Å². The first-order valence-electron chi connectivity index (χ1n) is 8.49. The van der Waals surface area contributed by atoms with Crippen molar-refractivity contribution in [2.75, 3.05) is 20.1 Å².